The molecule has 0 aromatic heterocycles. The molecule has 2 heteroatoms. The first-order valence-corrected chi connectivity index (χ1v) is 9.14. The molecule has 1 saturated carbocycles. The molecule has 24 heavy (non-hydrogen) atoms. The number of hydrogen-bond donors (Lipinski definition) is 0. The summed E-state index contributed by atoms with van der Waals surface area (Å²) in [6.07, 6.45) is 6.72. The minimum absolute atomic E-state index is 0.913. The second-order valence-electron chi connectivity index (χ2n) is 7.13. The molecule has 0 N–H and O–H groups in total. The first-order chi connectivity index (χ1) is 11.7. The predicted octanol–water partition coefficient (Wildman–Crippen LogP) is 5.94. The summed E-state index contributed by atoms with van der Waals surface area (Å²) in [5, 5.41) is 2.47. The molecule has 2 aromatic carbocycles. The zero-order valence-corrected chi connectivity index (χ0v) is 14.8. The van der Waals surface area contributed by atoms with Gasteiger partial charge in [-0.25, -0.2) is 0 Å². The van der Waals surface area contributed by atoms with E-state index in [1.807, 2.05) is 0 Å². The third kappa shape index (κ3) is 3.26. The van der Waals surface area contributed by atoms with E-state index in [1.165, 1.54) is 40.7 Å². The van der Waals surface area contributed by atoms with E-state index in [1.54, 1.807) is 0 Å². The molecule has 120 valence electrons. The Balaban J connectivity index is 1.55. The third-order valence-electron chi connectivity index (χ3n) is 5.37. The van der Waals surface area contributed by atoms with E-state index in [0.717, 1.165) is 30.4 Å². The van der Waals surface area contributed by atoms with Crippen LogP contribution < -0.4 is 0 Å². The average molecular weight is 331 g/mol. The van der Waals surface area contributed by atoms with E-state index in [-0.39, 0.29) is 0 Å². The van der Waals surface area contributed by atoms with Gasteiger partial charge in [0, 0.05) is 0 Å². The van der Waals surface area contributed by atoms with E-state index < -0.39 is 0 Å². The van der Waals surface area contributed by atoms with Crippen LogP contribution in [-0.4, -0.2) is 5.16 Å². The molecular formula is C22H21NS. The number of aryl methyl sites for hydroxylation is 1. The Morgan fingerprint density at radius 2 is 1.83 bits per heavy atom. The lowest BCUT2D eigenvalue weighted by molar-refractivity contribution is 0.747. The lowest BCUT2D eigenvalue weighted by atomic mass is 9.91. The number of benzene rings is 2. The van der Waals surface area contributed by atoms with Crippen molar-refractivity contribution in [2.45, 2.75) is 32.6 Å². The van der Waals surface area contributed by atoms with Gasteiger partial charge in [-0.1, -0.05) is 49.4 Å². The smallest absolute Gasteiger partial charge is 0.0637 e. The Labute approximate surface area is 149 Å². The molecule has 2 atom stereocenters. The summed E-state index contributed by atoms with van der Waals surface area (Å²) in [7, 11) is 0. The maximum Gasteiger partial charge on any atom is 0.0637 e. The molecule has 4 rings (SSSR count). The van der Waals surface area contributed by atoms with Crippen molar-refractivity contribution in [1.82, 2.24) is 0 Å². The maximum absolute atomic E-state index is 4.71. The van der Waals surface area contributed by atoms with Gasteiger partial charge in [-0.05, 0) is 83.6 Å². The van der Waals surface area contributed by atoms with Gasteiger partial charge < -0.3 is 0 Å². The molecule has 2 aliphatic carbocycles. The molecule has 0 bridgehead atoms. The molecule has 2 aromatic rings. The van der Waals surface area contributed by atoms with Crippen molar-refractivity contribution < 1.29 is 0 Å². The Hall–Kier alpha value is -2.02. The molecule has 1 nitrogen and oxygen atoms in total. The molecule has 2 unspecified atom stereocenters. The SMILES string of the molecule is CC1CC1Cc1ccc(-c2ccc3c(c2)CCC(N=C=S)=C3)cc1. The maximum atomic E-state index is 4.71. The normalized spacial score (nSPS) is 21.5. The molecular weight excluding hydrogens is 310 g/mol. The number of allylic oxidation sites excluding steroid dienone is 1. The number of isothiocyanates is 1. The van der Waals surface area contributed by atoms with Crippen molar-refractivity contribution >= 4 is 23.5 Å². The Morgan fingerprint density at radius 3 is 2.54 bits per heavy atom. The molecule has 2 aliphatic rings. The van der Waals surface area contributed by atoms with Crippen LogP contribution in [0.25, 0.3) is 17.2 Å². The van der Waals surface area contributed by atoms with Gasteiger partial charge >= 0.3 is 0 Å². The lowest BCUT2D eigenvalue weighted by Crippen LogP contribution is -1.98. The zero-order chi connectivity index (χ0) is 16.5. The van der Waals surface area contributed by atoms with Crippen molar-refractivity contribution in [2.75, 3.05) is 0 Å². The van der Waals surface area contributed by atoms with E-state index in [2.05, 4.69) is 65.6 Å². The van der Waals surface area contributed by atoms with Gasteiger partial charge in [0.2, 0.25) is 0 Å². The van der Waals surface area contributed by atoms with Crippen molar-refractivity contribution in [3.8, 4) is 11.1 Å². The summed E-state index contributed by atoms with van der Waals surface area (Å²) in [5.41, 5.74) is 7.76. The molecule has 1 fully saturated rings. The summed E-state index contributed by atoms with van der Waals surface area (Å²) < 4.78 is 0. The summed E-state index contributed by atoms with van der Waals surface area (Å²) in [6.45, 7) is 2.35. The first kappa shape index (κ1) is 15.5. The standard InChI is InChI=1S/C22H21NS/c1-15-10-21(15)11-16-2-4-17(5-3-16)18-6-7-20-13-22(23-14-24)9-8-19(20)12-18/h2-7,12-13,15,21H,8-11H2,1H3. The highest BCUT2D eigenvalue weighted by Crippen LogP contribution is 2.40. The van der Waals surface area contributed by atoms with E-state index >= 15 is 0 Å². The largest absolute Gasteiger partial charge is 0.199 e. The van der Waals surface area contributed by atoms with Crippen LogP contribution in [0, 0.1) is 11.8 Å². The van der Waals surface area contributed by atoms with E-state index in [4.69, 9.17) is 12.2 Å². The highest BCUT2D eigenvalue weighted by molar-refractivity contribution is 7.78. The van der Waals surface area contributed by atoms with Crippen LogP contribution in [0.1, 0.15) is 36.5 Å². The van der Waals surface area contributed by atoms with Crippen molar-refractivity contribution in [1.29, 1.82) is 0 Å². The molecule has 0 spiro atoms. The summed E-state index contributed by atoms with van der Waals surface area (Å²) >= 11 is 4.71. The summed E-state index contributed by atoms with van der Waals surface area (Å²) in [6, 6.07) is 15.9. The van der Waals surface area contributed by atoms with Crippen molar-refractivity contribution in [3.63, 3.8) is 0 Å². The highest BCUT2D eigenvalue weighted by atomic mass is 32.1. The lowest BCUT2D eigenvalue weighted by Gasteiger charge is -2.15. The number of aliphatic imine (C=N–C) groups is 1. The van der Waals surface area contributed by atoms with Crippen LogP contribution >= 0.6 is 12.2 Å². The van der Waals surface area contributed by atoms with Gasteiger partial charge in [-0.15, -0.1) is 0 Å². The highest BCUT2D eigenvalue weighted by Gasteiger charge is 2.32. The molecule has 0 heterocycles. The van der Waals surface area contributed by atoms with Crippen LogP contribution in [0.3, 0.4) is 0 Å². The topological polar surface area (TPSA) is 12.4 Å². The van der Waals surface area contributed by atoms with Crippen LogP contribution in [0.2, 0.25) is 0 Å². The second kappa shape index (κ2) is 6.47. The minimum Gasteiger partial charge on any atom is -0.199 e. The summed E-state index contributed by atoms with van der Waals surface area (Å²) in [5.74, 6) is 1.83. The predicted molar refractivity (Wildman–Crippen MR) is 104 cm³/mol. The number of nitrogens with zero attached hydrogens (tertiary/aromatic N) is 1. The number of fused-ring (bicyclic) bond motifs is 1. The Kier molecular flexibility index (Phi) is 4.18. The van der Waals surface area contributed by atoms with Gasteiger partial charge in [0.05, 0.1) is 10.9 Å². The van der Waals surface area contributed by atoms with Crippen molar-refractivity contribution in [2.24, 2.45) is 16.8 Å². The molecule has 0 aliphatic heterocycles. The fourth-order valence-corrected chi connectivity index (χ4v) is 3.74. The van der Waals surface area contributed by atoms with Crippen LogP contribution in [0.5, 0.6) is 0 Å². The molecule has 0 saturated heterocycles. The molecule has 0 radical (unpaired) electrons. The van der Waals surface area contributed by atoms with Crippen LogP contribution in [0.15, 0.2) is 53.2 Å². The average Bonchev–Trinajstić information content (AvgIpc) is 3.30. The number of thiocarbonyl (C=S) groups is 1. The number of rotatable bonds is 4. The fourth-order valence-electron chi connectivity index (χ4n) is 3.62. The van der Waals surface area contributed by atoms with Gasteiger partial charge in [-0.3, -0.25) is 0 Å². The zero-order valence-electron chi connectivity index (χ0n) is 14.0. The van der Waals surface area contributed by atoms with Gasteiger partial charge in [0.1, 0.15) is 0 Å². The summed E-state index contributed by atoms with van der Waals surface area (Å²) in [4.78, 5) is 4.13. The quantitative estimate of drug-likeness (QED) is 0.499. The van der Waals surface area contributed by atoms with Gasteiger partial charge in [0.25, 0.3) is 0 Å². The number of hydrogen-bond acceptors (Lipinski definition) is 2. The van der Waals surface area contributed by atoms with Gasteiger partial charge in [0.15, 0.2) is 0 Å². The van der Waals surface area contributed by atoms with Crippen molar-refractivity contribution in [3.05, 3.63) is 64.9 Å². The van der Waals surface area contributed by atoms with Crippen LogP contribution in [-0.2, 0) is 12.8 Å². The Bertz CT molecular complexity index is 841. The van der Waals surface area contributed by atoms with E-state index in [9.17, 15) is 0 Å². The third-order valence-corrected chi connectivity index (χ3v) is 5.46. The minimum atomic E-state index is 0.913. The Morgan fingerprint density at radius 1 is 1.08 bits per heavy atom. The first-order valence-electron chi connectivity index (χ1n) is 8.73. The monoisotopic (exact) mass is 331 g/mol. The van der Waals surface area contributed by atoms with E-state index in [0.29, 0.717) is 0 Å². The molecule has 0 amide bonds. The fraction of sp³-hybridized carbons (Fsp3) is 0.318. The van der Waals surface area contributed by atoms with Gasteiger partial charge in [-0.2, -0.15) is 4.99 Å². The van der Waals surface area contributed by atoms with Crippen LogP contribution in [0.4, 0.5) is 0 Å². The second-order valence-corrected chi connectivity index (χ2v) is 7.31.